The van der Waals surface area contributed by atoms with Crippen LogP contribution in [-0.4, -0.2) is 66.3 Å². The number of likely N-dealkylation sites (tertiary alicyclic amines) is 1. The fraction of sp³-hybridized carbons (Fsp3) is 0.440. The molecular weight excluding hydrogens is 388 g/mol. The van der Waals surface area contributed by atoms with E-state index in [9.17, 15) is 9.59 Å². The molecule has 2 aliphatic heterocycles. The van der Waals surface area contributed by atoms with Crippen LogP contribution < -0.4 is 5.32 Å². The van der Waals surface area contributed by atoms with E-state index in [-0.39, 0.29) is 17.7 Å². The Labute approximate surface area is 184 Å². The quantitative estimate of drug-likeness (QED) is 0.745. The van der Waals surface area contributed by atoms with Gasteiger partial charge in [0.05, 0.1) is 5.92 Å². The summed E-state index contributed by atoms with van der Waals surface area (Å²) in [5.41, 5.74) is 3.47. The lowest BCUT2D eigenvalue weighted by Gasteiger charge is -2.32. The van der Waals surface area contributed by atoms with Crippen molar-refractivity contribution in [1.29, 1.82) is 0 Å². The largest absolute Gasteiger partial charge is 0.352 e. The van der Waals surface area contributed by atoms with Crippen molar-refractivity contribution in [1.82, 2.24) is 20.0 Å². The first kappa shape index (κ1) is 21.5. The predicted octanol–water partition coefficient (Wildman–Crippen LogP) is 2.10. The van der Waals surface area contributed by atoms with E-state index in [1.54, 1.807) is 4.90 Å². The van der Waals surface area contributed by atoms with Crippen molar-refractivity contribution in [2.75, 3.05) is 39.8 Å². The molecule has 2 fully saturated rings. The number of carbonyl (C=O) groups excluding carboxylic acids is 2. The average Bonchev–Trinajstić information content (AvgIpc) is 3.15. The number of amides is 2. The van der Waals surface area contributed by atoms with Gasteiger partial charge in [-0.1, -0.05) is 54.6 Å². The van der Waals surface area contributed by atoms with Crippen LogP contribution in [0.5, 0.6) is 0 Å². The second-order valence-electron chi connectivity index (χ2n) is 8.78. The molecule has 0 aromatic heterocycles. The standard InChI is InChI=1S/C25H32N4O2/c1-27-10-12-28(13-11-27)17-22-9-5-8-21(14-22)16-26-25(31)23-15-24(30)29(19-23)18-20-6-3-2-4-7-20/h2-9,14,23H,10-13,15-19H2,1H3,(H,26,31). The van der Waals surface area contributed by atoms with E-state index in [2.05, 4.69) is 46.4 Å². The highest BCUT2D eigenvalue weighted by Crippen LogP contribution is 2.20. The van der Waals surface area contributed by atoms with Crippen LogP contribution in [0.1, 0.15) is 23.1 Å². The molecular formula is C25H32N4O2. The zero-order valence-electron chi connectivity index (χ0n) is 18.3. The van der Waals surface area contributed by atoms with Crippen molar-refractivity contribution in [3.05, 3.63) is 71.3 Å². The van der Waals surface area contributed by atoms with Gasteiger partial charge in [-0.2, -0.15) is 0 Å². The average molecular weight is 421 g/mol. The van der Waals surface area contributed by atoms with Gasteiger partial charge in [-0.15, -0.1) is 0 Å². The molecule has 31 heavy (non-hydrogen) atoms. The summed E-state index contributed by atoms with van der Waals surface area (Å²) in [5.74, 6) is -0.253. The Bertz CT molecular complexity index is 893. The first-order valence-electron chi connectivity index (χ1n) is 11.1. The van der Waals surface area contributed by atoms with Crippen LogP contribution in [0.4, 0.5) is 0 Å². The molecule has 1 N–H and O–H groups in total. The van der Waals surface area contributed by atoms with Gasteiger partial charge in [0, 0.05) is 58.8 Å². The van der Waals surface area contributed by atoms with Crippen molar-refractivity contribution in [2.24, 2.45) is 5.92 Å². The molecule has 0 radical (unpaired) electrons. The second-order valence-corrected chi connectivity index (χ2v) is 8.78. The number of nitrogens with zero attached hydrogens (tertiary/aromatic N) is 3. The van der Waals surface area contributed by atoms with Crippen molar-refractivity contribution in [3.63, 3.8) is 0 Å². The van der Waals surface area contributed by atoms with E-state index in [0.717, 1.165) is 43.9 Å². The van der Waals surface area contributed by atoms with Gasteiger partial charge in [-0.05, 0) is 23.7 Å². The Kier molecular flexibility index (Phi) is 6.99. The molecule has 2 amide bonds. The maximum absolute atomic E-state index is 12.7. The van der Waals surface area contributed by atoms with Crippen LogP contribution in [-0.2, 0) is 29.2 Å². The molecule has 164 valence electrons. The van der Waals surface area contributed by atoms with Crippen molar-refractivity contribution < 1.29 is 9.59 Å². The molecule has 2 heterocycles. The van der Waals surface area contributed by atoms with E-state index < -0.39 is 0 Å². The van der Waals surface area contributed by atoms with Gasteiger partial charge in [-0.3, -0.25) is 14.5 Å². The zero-order chi connectivity index (χ0) is 21.6. The van der Waals surface area contributed by atoms with Crippen LogP contribution in [0.25, 0.3) is 0 Å². The Morgan fingerprint density at radius 1 is 0.935 bits per heavy atom. The maximum atomic E-state index is 12.7. The lowest BCUT2D eigenvalue weighted by Crippen LogP contribution is -2.43. The molecule has 1 atom stereocenters. The highest BCUT2D eigenvalue weighted by Gasteiger charge is 2.34. The number of rotatable bonds is 7. The molecule has 0 aliphatic carbocycles. The minimum absolute atomic E-state index is 0.0339. The fourth-order valence-electron chi connectivity index (χ4n) is 4.34. The molecule has 4 rings (SSSR count). The van der Waals surface area contributed by atoms with Crippen LogP contribution in [0, 0.1) is 5.92 Å². The molecule has 6 nitrogen and oxygen atoms in total. The number of hydrogen-bond acceptors (Lipinski definition) is 4. The summed E-state index contributed by atoms with van der Waals surface area (Å²) in [5, 5.41) is 3.04. The summed E-state index contributed by atoms with van der Waals surface area (Å²) in [6, 6.07) is 18.4. The fourth-order valence-corrected chi connectivity index (χ4v) is 4.34. The van der Waals surface area contributed by atoms with Crippen molar-refractivity contribution in [2.45, 2.75) is 26.1 Å². The van der Waals surface area contributed by atoms with Gasteiger partial charge >= 0.3 is 0 Å². The SMILES string of the molecule is CN1CCN(Cc2cccc(CNC(=O)C3CC(=O)N(Cc4ccccc4)C3)c2)CC1. The van der Waals surface area contributed by atoms with Crippen LogP contribution in [0.2, 0.25) is 0 Å². The van der Waals surface area contributed by atoms with Crippen LogP contribution in [0.15, 0.2) is 54.6 Å². The Morgan fingerprint density at radius 3 is 2.42 bits per heavy atom. The number of piperazine rings is 1. The number of carbonyl (C=O) groups is 2. The summed E-state index contributed by atoms with van der Waals surface area (Å²) in [6.45, 7) is 6.90. The summed E-state index contributed by atoms with van der Waals surface area (Å²) in [6.07, 6.45) is 0.294. The van der Waals surface area contributed by atoms with E-state index in [0.29, 0.717) is 26.1 Å². The van der Waals surface area contributed by atoms with E-state index in [4.69, 9.17) is 0 Å². The normalized spacial score (nSPS) is 20.2. The van der Waals surface area contributed by atoms with Gasteiger partial charge < -0.3 is 15.1 Å². The first-order chi connectivity index (χ1) is 15.1. The number of hydrogen-bond donors (Lipinski definition) is 1. The molecule has 2 saturated heterocycles. The number of likely N-dealkylation sites (N-methyl/N-ethyl adjacent to an activating group) is 1. The minimum atomic E-state index is -0.273. The van der Waals surface area contributed by atoms with Gasteiger partial charge in [-0.25, -0.2) is 0 Å². The molecule has 0 bridgehead atoms. The lowest BCUT2D eigenvalue weighted by atomic mass is 10.1. The molecule has 1 unspecified atom stereocenters. The molecule has 6 heteroatoms. The van der Waals surface area contributed by atoms with E-state index in [1.165, 1.54) is 5.56 Å². The third-order valence-corrected chi connectivity index (χ3v) is 6.26. The second kappa shape index (κ2) is 10.1. The highest BCUT2D eigenvalue weighted by atomic mass is 16.2. The topological polar surface area (TPSA) is 55.9 Å². The van der Waals surface area contributed by atoms with Crippen LogP contribution in [0.3, 0.4) is 0 Å². The molecule has 0 saturated carbocycles. The molecule has 0 spiro atoms. The monoisotopic (exact) mass is 420 g/mol. The molecule has 2 aromatic rings. The third kappa shape index (κ3) is 5.93. The molecule has 2 aromatic carbocycles. The van der Waals surface area contributed by atoms with Gasteiger partial charge in [0.25, 0.3) is 0 Å². The Morgan fingerprint density at radius 2 is 1.65 bits per heavy atom. The summed E-state index contributed by atoms with van der Waals surface area (Å²) >= 11 is 0. The third-order valence-electron chi connectivity index (χ3n) is 6.26. The summed E-state index contributed by atoms with van der Waals surface area (Å²) in [7, 11) is 2.17. The maximum Gasteiger partial charge on any atom is 0.225 e. The smallest absolute Gasteiger partial charge is 0.225 e. The van der Waals surface area contributed by atoms with Crippen molar-refractivity contribution in [3.8, 4) is 0 Å². The first-order valence-corrected chi connectivity index (χ1v) is 11.1. The van der Waals surface area contributed by atoms with E-state index >= 15 is 0 Å². The predicted molar refractivity (Wildman–Crippen MR) is 121 cm³/mol. The number of nitrogens with one attached hydrogen (secondary N) is 1. The van der Waals surface area contributed by atoms with Crippen molar-refractivity contribution >= 4 is 11.8 Å². The van der Waals surface area contributed by atoms with Gasteiger partial charge in [0.1, 0.15) is 0 Å². The van der Waals surface area contributed by atoms with Gasteiger partial charge in [0.15, 0.2) is 0 Å². The minimum Gasteiger partial charge on any atom is -0.352 e. The molecule has 2 aliphatic rings. The summed E-state index contributed by atoms with van der Waals surface area (Å²) < 4.78 is 0. The van der Waals surface area contributed by atoms with E-state index in [1.807, 2.05) is 30.3 Å². The number of benzene rings is 2. The Balaban J connectivity index is 1.26. The van der Waals surface area contributed by atoms with Gasteiger partial charge in [0.2, 0.25) is 11.8 Å². The lowest BCUT2D eigenvalue weighted by molar-refractivity contribution is -0.129. The highest BCUT2D eigenvalue weighted by molar-refractivity contribution is 5.89. The Hall–Kier alpha value is -2.70. The zero-order valence-corrected chi connectivity index (χ0v) is 18.3. The van der Waals surface area contributed by atoms with Crippen LogP contribution >= 0.6 is 0 Å². The summed E-state index contributed by atoms with van der Waals surface area (Å²) in [4.78, 5) is 31.7.